The Bertz CT molecular complexity index is 610. The molecule has 16 heavy (non-hydrogen) atoms. The Balaban J connectivity index is 2.12. The van der Waals surface area contributed by atoms with Gasteiger partial charge in [0, 0.05) is 11.2 Å². The molecule has 4 nitrogen and oxygen atoms in total. The Hall–Kier alpha value is -2.10. The molecule has 0 spiro atoms. The number of rotatable bonds is 2. The van der Waals surface area contributed by atoms with Crippen molar-refractivity contribution in [3.63, 3.8) is 0 Å². The van der Waals surface area contributed by atoms with Gasteiger partial charge in [0.2, 0.25) is 6.39 Å². The zero-order valence-corrected chi connectivity index (χ0v) is 8.92. The second-order valence-corrected chi connectivity index (χ2v) is 3.78. The molecule has 0 aliphatic carbocycles. The molecule has 0 saturated carbocycles. The van der Waals surface area contributed by atoms with Crippen LogP contribution in [-0.4, -0.2) is 14.7 Å². The van der Waals surface area contributed by atoms with E-state index in [1.165, 1.54) is 23.0 Å². The molecule has 0 fully saturated rings. The van der Waals surface area contributed by atoms with Gasteiger partial charge in [-0.15, -0.1) is 0 Å². The molecular formula is C12H11N3O. The van der Waals surface area contributed by atoms with Gasteiger partial charge in [0.05, 0.1) is 6.54 Å². The van der Waals surface area contributed by atoms with Crippen molar-refractivity contribution in [2.24, 2.45) is 0 Å². The van der Waals surface area contributed by atoms with E-state index in [1.807, 2.05) is 12.1 Å². The largest absolute Gasteiger partial charge is 0.343 e. The van der Waals surface area contributed by atoms with E-state index in [4.69, 9.17) is 4.52 Å². The molecule has 4 heteroatoms. The molecule has 2 heterocycles. The first-order chi connectivity index (χ1) is 7.84. The van der Waals surface area contributed by atoms with Crippen molar-refractivity contribution < 1.29 is 4.52 Å². The minimum atomic E-state index is 0.649. The van der Waals surface area contributed by atoms with E-state index in [1.54, 1.807) is 0 Å². The van der Waals surface area contributed by atoms with Crippen molar-refractivity contribution in [1.82, 2.24) is 14.7 Å². The highest BCUT2D eigenvalue weighted by Crippen LogP contribution is 2.19. The van der Waals surface area contributed by atoms with Gasteiger partial charge in [-0.3, -0.25) is 0 Å². The lowest BCUT2D eigenvalue weighted by Gasteiger charge is -2.04. The fraction of sp³-hybridized carbons (Fsp3) is 0.167. The number of benzene rings is 1. The zero-order chi connectivity index (χ0) is 11.0. The maximum Gasteiger partial charge on any atom is 0.213 e. The topological polar surface area (TPSA) is 43.9 Å². The van der Waals surface area contributed by atoms with Crippen molar-refractivity contribution in [1.29, 1.82) is 0 Å². The summed E-state index contributed by atoms with van der Waals surface area (Å²) in [5, 5.41) is 5.07. The second-order valence-electron chi connectivity index (χ2n) is 3.78. The summed E-state index contributed by atoms with van der Waals surface area (Å²) in [5.41, 5.74) is 2.40. The summed E-state index contributed by atoms with van der Waals surface area (Å²) in [6, 6.07) is 10.4. The summed E-state index contributed by atoms with van der Waals surface area (Å²) < 4.78 is 6.92. The van der Waals surface area contributed by atoms with Crippen molar-refractivity contribution in [3.8, 4) is 0 Å². The molecule has 0 radical (unpaired) electrons. The molecule has 2 aromatic heterocycles. The van der Waals surface area contributed by atoms with Crippen molar-refractivity contribution in [2.75, 3.05) is 0 Å². The van der Waals surface area contributed by atoms with Crippen LogP contribution >= 0.6 is 0 Å². The third-order valence-corrected chi connectivity index (χ3v) is 2.72. The standard InChI is InChI=1S/C12H11N3O/c1-9-6-10-4-2-3-5-11(10)15(9)7-12-13-8-16-14-12/h2-6,8H,7H2,1H3. The van der Waals surface area contributed by atoms with Crippen molar-refractivity contribution in [3.05, 3.63) is 48.2 Å². The third-order valence-electron chi connectivity index (χ3n) is 2.72. The van der Waals surface area contributed by atoms with Crippen LogP contribution in [-0.2, 0) is 6.54 Å². The summed E-state index contributed by atoms with van der Waals surface area (Å²) in [5.74, 6) is 0.699. The van der Waals surface area contributed by atoms with Gasteiger partial charge in [-0.1, -0.05) is 23.4 Å². The normalized spacial score (nSPS) is 11.1. The summed E-state index contributed by atoms with van der Waals surface area (Å²) in [6.07, 6.45) is 1.36. The molecule has 0 bridgehead atoms. The molecule has 3 aromatic rings. The van der Waals surface area contributed by atoms with Crippen LogP contribution in [0.5, 0.6) is 0 Å². The van der Waals surface area contributed by atoms with Crippen LogP contribution in [0, 0.1) is 6.92 Å². The number of nitrogens with zero attached hydrogens (tertiary/aromatic N) is 3. The molecule has 0 aliphatic heterocycles. The maximum atomic E-state index is 4.74. The number of para-hydroxylation sites is 1. The first kappa shape index (κ1) is 9.15. The fourth-order valence-corrected chi connectivity index (χ4v) is 1.96. The SMILES string of the molecule is Cc1cc2ccccc2n1Cc1ncon1. The molecule has 1 aromatic carbocycles. The molecule has 0 N–H and O–H groups in total. The number of hydrogen-bond donors (Lipinski definition) is 0. The Morgan fingerprint density at radius 3 is 3.00 bits per heavy atom. The van der Waals surface area contributed by atoms with Crippen LogP contribution in [0.4, 0.5) is 0 Å². The van der Waals surface area contributed by atoms with Crippen LogP contribution < -0.4 is 0 Å². The van der Waals surface area contributed by atoms with Crippen LogP contribution in [0.1, 0.15) is 11.5 Å². The van der Waals surface area contributed by atoms with E-state index >= 15 is 0 Å². The average molecular weight is 213 g/mol. The van der Waals surface area contributed by atoms with E-state index in [0.29, 0.717) is 12.4 Å². The van der Waals surface area contributed by atoms with Gasteiger partial charge in [-0.2, -0.15) is 4.98 Å². The molecule has 3 rings (SSSR count). The molecule has 80 valence electrons. The average Bonchev–Trinajstić information content (AvgIpc) is 2.89. The lowest BCUT2D eigenvalue weighted by atomic mass is 10.2. The minimum Gasteiger partial charge on any atom is -0.343 e. The van der Waals surface area contributed by atoms with Crippen molar-refractivity contribution in [2.45, 2.75) is 13.5 Å². The lowest BCUT2D eigenvalue weighted by molar-refractivity contribution is 0.408. The highest BCUT2D eigenvalue weighted by molar-refractivity contribution is 5.81. The van der Waals surface area contributed by atoms with Crippen LogP contribution in [0.25, 0.3) is 10.9 Å². The molecule has 0 unspecified atom stereocenters. The van der Waals surface area contributed by atoms with E-state index in [2.05, 4.69) is 39.8 Å². The van der Waals surface area contributed by atoms with Crippen LogP contribution in [0.2, 0.25) is 0 Å². The number of aryl methyl sites for hydroxylation is 1. The highest BCUT2D eigenvalue weighted by Gasteiger charge is 2.07. The minimum absolute atomic E-state index is 0.649. The van der Waals surface area contributed by atoms with E-state index in [9.17, 15) is 0 Å². The van der Waals surface area contributed by atoms with Gasteiger partial charge in [0.15, 0.2) is 5.82 Å². The first-order valence-electron chi connectivity index (χ1n) is 5.15. The summed E-state index contributed by atoms with van der Waals surface area (Å²) >= 11 is 0. The summed E-state index contributed by atoms with van der Waals surface area (Å²) in [7, 11) is 0. The highest BCUT2D eigenvalue weighted by atomic mass is 16.5. The third kappa shape index (κ3) is 1.39. The molecule has 0 atom stereocenters. The molecular weight excluding hydrogens is 202 g/mol. The Morgan fingerprint density at radius 1 is 1.31 bits per heavy atom. The molecule has 0 amide bonds. The Kier molecular flexibility index (Phi) is 1.99. The van der Waals surface area contributed by atoms with Gasteiger partial charge in [-0.05, 0) is 24.4 Å². The van der Waals surface area contributed by atoms with E-state index < -0.39 is 0 Å². The van der Waals surface area contributed by atoms with Gasteiger partial charge >= 0.3 is 0 Å². The zero-order valence-electron chi connectivity index (χ0n) is 8.92. The van der Waals surface area contributed by atoms with Crippen molar-refractivity contribution >= 4 is 10.9 Å². The number of aromatic nitrogens is 3. The monoisotopic (exact) mass is 213 g/mol. The number of fused-ring (bicyclic) bond motifs is 1. The summed E-state index contributed by atoms with van der Waals surface area (Å²) in [6.45, 7) is 2.73. The predicted octanol–water partition coefficient (Wildman–Crippen LogP) is 2.38. The van der Waals surface area contributed by atoms with Gasteiger partial charge in [-0.25, -0.2) is 0 Å². The second kappa shape index (κ2) is 3.48. The van der Waals surface area contributed by atoms with Crippen LogP contribution in [0.3, 0.4) is 0 Å². The van der Waals surface area contributed by atoms with Gasteiger partial charge in [0.1, 0.15) is 0 Å². The maximum absolute atomic E-state index is 4.74. The quantitative estimate of drug-likeness (QED) is 0.656. The smallest absolute Gasteiger partial charge is 0.213 e. The fourth-order valence-electron chi connectivity index (χ4n) is 1.96. The van der Waals surface area contributed by atoms with E-state index in [-0.39, 0.29) is 0 Å². The first-order valence-corrected chi connectivity index (χ1v) is 5.15. The Labute approximate surface area is 92.5 Å². The molecule has 0 aliphatic rings. The molecule has 0 saturated heterocycles. The van der Waals surface area contributed by atoms with E-state index in [0.717, 1.165) is 0 Å². The lowest BCUT2D eigenvalue weighted by Crippen LogP contribution is -2.02. The van der Waals surface area contributed by atoms with Gasteiger partial charge < -0.3 is 9.09 Å². The predicted molar refractivity (Wildman–Crippen MR) is 60.1 cm³/mol. The Morgan fingerprint density at radius 2 is 2.19 bits per heavy atom. The van der Waals surface area contributed by atoms with Gasteiger partial charge in [0.25, 0.3) is 0 Å². The summed E-state index contributed by atoms with van der Waals surface area (Å²) in [4.78, 5) is 4.04. The van der Waals surface area contributed by atoms with Crippen LogP contribution in [0.15, 0.2) is 41.2 Å². The number of hydrogen-bond acceptors (Lipinski definition) is 3.